The van der Waals surface area contributed by atoms with Gasteiger partial charge in [-0.05, 0) is 87.4 Å². The third-order valence-electron chi connectivity index (χ3n) is 4.45. The first-order valence-corrected chi connectivity index (χ1v) is 9.88. The molecule has 0 radical (unpaired) electrons. The average molecular weight is 387 g/mol. The molecule has 0 aliphatic carbocycles. The normalized spacial score (nSPS) is 11.4. The second-order valence-corrected chi connectivity index (χ2v) is 7.55. The zero-order valence-electron chi connectivity index (χ0n) is 17.2. The highest BCUT2D eigenvalue weighted by atomic mass is 16.5. The first-order valence-electron chi connectivity index (χ1n) is 9.88. The van der Waals surface area contributed by atoms with Crippen LogP contribution in [-0.2, 0) is 0 Å². The van der Waals surface area contributed by atoms with Crippen molar-refractivity contribution in [2.24, 2.45) is 0 Å². The van der Waals surface area contributed by atoms with Crippen molar-refractivity contribution in [1.29, 1.82) is 0 Å². The van der Waals surface area contributed by atoms with Crippen molar-refractivity contribution in [3.63, 3.8) is 0 Å². The summed E-state index contributed by atoms with van der Waals surface area (Å²) < 4.78 is 13.5. The topological polar surface area (TPSA) is 48.7 Å². The molecule has 0 N–H and O–H groups in total. The van der Waals surface area contributed by atoms with Crippen LogP contribution in [0.5, 0.6) is 11.5 Å². The molecule has 0 atom stereocenters. The summed E-state index contributed by atoms with van der Waals surface area (Å²) >= 11 is 0. The molecule has 4 aromatic rings. The molecule has 0 spiro atoms. The highest BCUT2D eigenvalue weighted by Crippen LogP contribution is 2.26. The fraction of sp³-hybridized carbons (Fsp3) is 0.250. The number of hydrogen-bond donors (Lipinski definition) is 0. The lowest BCUT2D eigenvalue weighted by atomic mass is 10.1. The third kappa shape index (κ3) is 4.24. The van der Waals surface area contributed by atoms with Crippen LogP contribution in [0.4, 0.5) is 0 Å². The Morgan fingerprint density at radius 1 is 0.621 bits per heavy atom. The molecular weight excluding hydrogens is 362 g/mol. The fourth-order valence-corrected chi connectivity index (χ4v) is 3.21. The smallest absolute Gasteiger partial charge is 0.168 e. The van der Waals surface area contributed by atoms with Gasteiger partial charge in [-0.25, -0.2) is 0 Å². The SMILES string of the molecule is CC(C)Oc1ccc(-c2ccc3nnc(-c4ccc(OC(C)C)cc4)n3c2)cc1. The third-order valence-corrected chi connectivity index (χ3v) is 4.45. The Bertz CT molecular complexity index is 1100. The van der Waals surface area contributed by atoms with Gasteiger partial charge in [0.15, 0.2) is 11.5 Å². The second-order valence-electron chi connectivity index (χ2n) is 7.55. The number of benzene rings is 2. The Hall–Kier alpha value is -3.34. The summed E-state index contributed by atoms with van der Waals surface area (Å²) in [6, 6.07) is 20.1. The molecule has 0 saturated heterocycles. The molecule has 0 unspecified atom stereocenters. The molecule has 148 valence electrons. The quantitative estimate of drug-likeness (QED) is 0.430. The molecule has 0 aliphatic heterocycles. The minimum atomic E-state index is 0.148. The Morgan fingerprint density at radius 2 is 1.14 bits per heavy atom. The van der Waals surface area contributed by atoms with E-state index in [-0.39, 0.29) is 12.2 Å². The van der Waals surface area contributed by atoms with Crippen LogP contribution in [0.25, 0.3) is 28.2 Å². The lowest BCUT2D eigenvalue weighted by Crippen LogP contribution is -2.05. The fourth-order valence-electron chi connectivity index (χ4n) is 3.21. The summed E-state index contributed by atoms with van der Waals surface area (Å²) in [4.78, 5) is 0. The minimum Gasteiger partial charge on any atom is -0.491 e. The Morgan fingerprint density at radius 3 is 1.69 bits per heavy atom. The second kappa shape index (κ2) is 7.95. The highest BCUT2D eigenvalue weighted by Gasteiger charge is 2.10. The summed E-state index contributed by atoms with van der Waals surface area (Å²) in [7, 11) is 0. The molecular formula is C24H25N3O2. The van der Waals surface area contributed by atoms with E-state index < -0.39 is 0 Å². The zero-order chi connectivity index (χ0) is 20.4. The van der Waals surface area contributed by atoms with Crippen LogP contribution in [0.1, 0.15) is 27.7 Å². The van der Waals surface area contributed by atoms with Crippen LogP contribution in [0.3, 0.4) is 0 Å². The van der Waals surface area contributed by atoms with E-state index in [2.05, 4.69) is 34.6 Å². The molecule has 2 heterocycles. The van der Waals surface area contributed by atoms with E-state index in [1.165, 1.54) is 0 Å². The molecule has 5 nitrogen and oxygen atoms in total. The largest absolute Gasteiger partial charge is 0.491 e. The van der Waals surface area contributed by atoms with Crippen molar-refractivity contribution in [2.45, 2.75) is 39.9 Å². The summed E-state index contributed by atoms with van der Waals surface area (Å²) in [5, 5.41) is 8.70. The summed E-state index contributed by atoms with van der Waals surface area (Å²) in [6.07, 6.45) is 2.38. The average Bonchev–Trinajstić information content (AvgIpc) is 3.11. The minimum absolute atomic E-state index is 0.148. The Balaban J connectivity index is 1.66. The van der Waals surface area contributed by atoms with Gasteiger partial charge in [-0.15, -0.1) is 10.2 Å². The molecule has 2 aromatic carbocycles. The number of rotatable bonds is 6. The van der Waals surface area contributed by atoms with Crippen LogP contribution < -0.4 is 9.47 Å². The first-order chi connectivity index (χ1) is 14.0. The van der Waals surface area contributed by atoms with Gasteiger partial charge in [-0.1, -0.05) is 12.1 Å². The van der Waals surface area contributed by atoms with Crippen LogP contribution in [0.15, 0.2) is 66.9 Å². The highest BCUT2D eigenvalue weighted by molar-refractivity contribution is 5.68. The molecule has 5 heteroatoms. The van der Waals surface area contributed by atoms with E-state index >= 15 is 0 Å². The number of nitrogens with zero attached hydrogens (tertiary/aromatic N) is 3. The lowest BCUT2D eigenvalue weighted by molar-refractivity contribution is 0.242. The standard InChI is InChI=1S/C24H25N3O2/c1-16(2)28-21-10-5-18(6-11-21)20-9-14-23-25-26-24(27(23)15-20)19-7-12-22(13-8-19)29-17(3)4/h5-17H,1-4H3. The maximum atomic E-state index is 5.74. The number of aromatic nitrogens is 3. The van der Waals surface area contributed by atoms with E-state index in [0.717, 1.165) is 39.7 Å². The monoisotopic (exact) mass is 387 g/mol. The van der Waals surface area contributed by atoms with Gasteiger partial charge in [-0.3, -0.25) is 4.40 Å². The van der Waals surface area contributed by atoms with Crippen molar-refractivity contribution in [3.8, 4) is 34.0 Å². The molecule has 4 rings (SSSR count). The zero-order valence-corrected chi connectivity index (χ0v) is 17.2. The van der Waals surface area contributed by atoms with Gasteiger partial charge >= 0.3 is 0 Å². The molecule has 29 heavy (non-hydrogen) atoms. The maximum absolute atomic E-state index is 5.74. The van der Waals surface area contributed by atoms with Gasteiger partial charge in [0.05, 0.1) is 12.2 Å². The van der Waals surface area contributed by atoms with Gasteiger partial charge in [0.2, 0.25) is 0 Å². The number of fused-ring (bicyclic) bond motifs is 1. The number of pyridine rings is 1. The number of ether oxygens (including phenoxy) is 2. The Labute approximate surface area is 170 Å². The Kier molecular flexibility index (Phi) is 5.21. The lowest BCUT2D eigenvalue weighted by Gasteiger charge is -2.11. The van der Waals surface area contributed by atoms with Crippen molar-refractivity contribution in [3.05, 3.63) is 66.9 Å². The first kappa shape index (κ1) is 19.0. The summed E-state index contributed by atoms with van der Waals surface area (Å²) in [5.74, 6) is 2.53. The van der Waals surface area contributed by atoms with Crippen LogP contribution in [0.2, 0.25) is 0 Å². The van der Waals surface area contributed by atoms with E-state index in [1.54, 1.807) is 0 Å². The van der Waals surface area contributed by atoms with Gasteiger partial charge in [-0.2, -0.15) is 0 Å². The predicted octanol–water partition coefficient (Wildman–Crippen LogP) is 5.64. The molecule has 2 aromatic heterocycles. The molecule has 0 bridgehead atoms. The van der Waals surface area contributed by atoms with Gasteiger partial charge < -0.3 is 9.47 Å². The predicted molar refractivity (Wildman–Crippen MR) is 115 cm³/mol. The van der Waals surface area contributed by atoms with Crippen LogP contribution in [0, 0.1) is 0 Å². The maximum Gasteiger partial charge on any atom is 0.168 e. The van der Waals surface area contributed by atoms with Crippen molar-refractivity contribution in [1.82, 2.24) is 14.6 Å². The van der Waals surface area contributed by atoms with Gasteiger partial charge in [0.25, 0.3) is 0 Å². The van der Waals surface area contributed by atoms with Crippen molar-refractivity contribution in [2.75, 3.05) is 0 Å². The van der Waals surface area contributed by atoms with Gasteiger partial charge in [0.1, 0.15) is 11.5 Å². The van der Waals surface area contributed by atoms with Crippen LogP contribution in [-0.4, -0.2) is 26.8 Å². The molecule has 0 amide bonds. The number of hydrogen-bond acceptors (Lipinski definition) is 4. The van der Waals surface area contributed by atoms with Crippen molar-refractivity contribution >= 4 is 5.65 Å². The van der Waals surface area contributed by atoms with Crippen LogP contribution >= 0.6 is 0 Å². The van der Waals surface area contributed by atoms with E-state index in [4.69, 9.17) is 9.47 Å². The molecule has 0 fully saturated rings. The summed E-state index contributed by atoms with van der Waals surface area (Å²) in [6.45, 7) is 8.08. The van der Waals surface area contributed by atoms with E-state index in [9.17, 15) is 0 Å². The van der Waals surface area contributed by atoms with E-state index in [0.29, 0.717) is 0 Å². The molecule has 0 saturated carbocycles. The van der Waals surface area contributed by atoms with E-state index in [1.807, 2.05) is 74.6 Å². The molecule has 0 aliphatic rings. The van der Waals surface area contributed by atoms with Crippen molar-refractivity contribution < 1.29 is 9.47 Å². The van der Waals surface area contributed by atoms with Gasteiger partial charge in [0, 0.05) is 11.8 Å². The summed E-state index contributed by atoms with van der Waals surface area (Å²) in [5.41, 5.74) is 4.01.